The molecule has 0 aromatic heterocycles. The molecule has 0 unspecified atom stereocenters. The van der Waals surface area contributed by atoms with Crippen molar-refractivity contribution < 1.29 is 28.1 Å². The molecule has 9 heteroatoms. The molecule has 3 aromatic carbocycles. The molecule has 0 spiro atoms. The number of aliphatic hydroxyl groups is 1. The third kappa shape index (κ3) is 7.29. The van der Waals surface area contributed by atoms with E-state index in [1.54, 1.807) is 49.4 Å². The van der Waals surface area contributed by atoms with Gasteiger partial charge < -0.3 is 10.4 Å². The zero-order chi connectivity index (χ0) is 25.6. The van der Waals surface area contributed by atoms with Crippen molar-refractivity contribution in [1.29, 1.82) is 0 Å². The van der Waals surface area contributed by atoms with Gasteiger partial charge in [-0.3, -0.25) is 9.78 Å². The number of hydrogen-bond donors (Lipinski definition) is 2. The van der Waals surface area contributed by atoms with Gasteiger partial charge >= 0.3 is 5.97 Å². The van der Waals surface area contributed by atoms with E-state index in [9.17, 15) is 18.3 Å². The molecule has 0 aliphatic carbocycles. The highest BCUT2D eigenvalue weighted by atomic mass is 35.5. The SMILES string of the molecule is CC(=O)OOc1ccc(S(=O)(=O)c2ccc(C[C@@H](C)NC[C@H](O)c3cccc(Cl)c3)cc2)cc1C. The average molecular weight is 518 g/mol. The number of halogens is 1. The molecule has 3 rings (SSSR count). The molecule has 3 aromatic rings. The first kappa shape index (κ1) is 26.7. The summed E-state index contributed by atoms with van der Waals surface area (Å²) in [6.45, 7) is 5.24. The molecule has 0 saturated carbocycles. The number of aliphatic hydroxyl groups excluding tert-OH is 1. The third-order valence-corrected chi connectivity index (χ3v) is 7.38. The lowest BCUT2D eigenvalue weighted by atomic mass is 10.1. The van der Waals surface area contributed by atoms with Crippen LogP contribution in [0.4, 0.5) is 0 Å². The second kappa shape index (κ2) is 11.7. The Morgan fingerprint density at radius 3 is 2.37 bits per heavy atom. The Balaban J connectivity index is 1.61. The van der Waals surface area contributed by atoms with Crippen molar-refractivity contribution in [2.75, 3.05) is 6.54 Å². The minimum Gasteiger partial charge on any atom is -0.387 e. The Hall–Kier alpha value is -2.91. The van der Waals surface area contributed by atoms with E-state index in [-0.39, 0.29) is 21.6 Å². The summed E-state index contributed by atoms with van der Waals surface area (Å²) < 4.78 is 26.1. The van der Waals surface area contributed by atoms with E-state index in [2.05, 4.69) is 10.2 Å². The average Bonchev–Trinajstić information content (AvgIpc) is 2.82. The van der Waals surface area contributed by atoms with E-state index in [4.69, 9.17) is 16.5 Å². The second-order valence-corrected chi connectivity index (χ2v) is 10.7. The largest absolute Gasteiger partial charge is 0.387 e. The van der Waals surface area contributed by atoms with Crippen LogP contribution in [0, 0.1) is 6.92 Å². The highest BCUT2D eigenvalue weighted by molar-refractivity contribution is 7.91. The Morgan fingerprint density at radius 1 is 1.06 bits per heavy atom. The number of nitrogens with one attached hydrogen (secondary N) is 1. The molecule has 2 atom stereocenters. The molecular weight excluding hydrogens is 490 g/mol. The molecule has 0 fully saturated rings. The molecule has 0 bridgehead atoms. The van der Waals surface area contributed by atoms with Crippen LogP contribution in [0.1, 0.15) is 36.6 Å². The number of aryl methyl sites for hydroxylation is 1. The second-order valence-electron chi connectivity index (χ2n) is 8.32. The van der Waals surface area contributed by atoms with Crippen molar-refractivity contribution in [3.63, 3.8) is 0 Å². The zero-order valence-electron chi connectivity index (χ0n) is 19.7. The predicted molar refractivity (Wildman–Crippen MR) is 133 cm³/mol. The summed E-state index contributed by atoms with van der Waals surface area (Å²) in [6.07, 6.45) is -0.0258. The topological polar surface area (TPSA) is 102 Å². The van der Waals surface area contributed by atoms with E-state index in [0.717, 1.165) is 11.1 Å². The lowest BCUT2D eigenvalue weighted by molar-refractivity contribution is -0.211. The molecule has 186 valence electrons. The molecule has 0 amide bonds. The van der Waals surface area contributed by atoms with Gasteiger partial charge in [0.2, 0.25) is 9.84 Å². The van der Waals surface area contributed by atoms with Gasteiger partial charge in [-0.2, -0.15) is 0 Å². The predicted octanol–water partition coefficient (Wildman–Crippen LogP) is 4.59. The number of carbonyl (C=O) groups is 1. The fraction of sp³-hybridized carbons (Fsp3) is 0.269. The van der Waals surface area contributed by atoms with E-state index in [1.807, 2.05) is 13.0 Å². The van der Waals surface area contributed by atoms with Crippen molar-refractivity contribution in [2.24, 2.45) is 0 Å². The van der Waals surface area contributed by atoms with Crippen molar-refractivity contribution in [1.82, 2.24) is 5.32 Å². The monoisotopic (exact) mass is 517 g/mol. The van der Waals surface area contributed by atoms with Crippen molar-refractivity contribution >= 4 is 27.4 Å². The van der Waals surface area contributed by atoms with Gasteiger partial charge in [0.05, 0.1) is 15.9 Å². The molecular formula is C26H28ClNO6S. The zero-order valence-corrected chi connectivity index (χ0v) is 21.3. The van der Waals surface area contributed by atoms with Gasteiger partial charge in [-0.15, -0.1) is 0 Å². The Kier molecular flexibility index (Phi) is 8.91. The number of rotatable bonds is 10. The van der Waals surface area contributed by atoms with E-state index in [1.165, 1.54) is 25.1 Å². The van der Waals surface area contributed by atoms with Crippen LogP contribution in [0.2, 0.25) is 5.02 Å². The molecule has 0 radical (unpaired) electrons. The fourth-order valence-corrected chi connectivity index (χ4v) is 5.04. The number of sulfone groups is 1. The van der Waals surface area contributed by atoms with Crippen LogP contribution in [0.5, 0.6) is 5.75 Å². The summed E-state index contributed by atoms with van der Waals surface area (Å²) in [7, 11) is -3.73. The molecule has 2 N–H and O–H groups in total. The lowest BCUT2D eigenvalue weighted by Crippen LogP contribution is -2.32. The highest BCUT2D eigenvalue weighted by Gasteiger charge is 2.19. The van der Waals surface area contributed by atoms with Crippen LogP contribution in [0.15, 0.2) is 76.5 Å². The smallest absolute Gasteiger partial charge is 0.352 e. The summed E-state index contributed by atoms with van der Waals surface area (Å²) in [4.78, 5) is 20.6. The minimum atomic E-state index is -3.73. The Morgan fingerprint density at radius 2 is 1.74 bits per heavy atom. The van der Waals surface area contributed by atoms with Crippen molar-refractivity contribution in [3.8, 4) is 5.75 Å². The first-order chi connectivity index (χ1) is 16.6. The molecule has 0 saturated heterocycles. The minimum absolute atomic E-state index is 0.0544. The van der Waals surface area contributed by atoms with Crippen molar-refractivity contribution in [3.05, 3.63) is 88.4 Å². The number of hydrogen-bond acceptors (Lipinski definition) is 7. The summed E-state index contributed by atoms with van der Waals surface area (Å²) in [5.41, 5.74) is 2.22. The van der Waals surface area contributed by atoms with E-state index < -0.39 is 21.9 Å². The van der Waals surface area contributed by atoms with Crippen molar-refractivity contribution in [2.45, 2.75) is 49.1 Å². The maximum absolute atomic E-state index is 13.1. The summed E-state index contributed by atoms with van der Waals surface area (Å²) in [5.74, 6) is -0.348. The molecule has 0 aliphatic rings. The maximum atomic E-state index is 13.1. The molecule has 0 heterocycles. The van der Waals surface area contributed by atoms with Gasteiger partial charge in [-0.05, 0) is 79.4 Å². The Labute approximate surface area is 210 Å². The fourth-order valence-electron chi connectivity index (χ4n) is 3.50. The van der Waals surface area contributed by atoms with E-state index in [0.29, 0.717) is 23.6 Å². The maximum Gasteiger partial charge on any atom is 0.352 e. The van der Waals surface area contributed by atoms with Gasteiger partial charge in [0.25, 0.3) is 0 Å². The standard InChI is InChI=1S/C26H28ClNO6S/c1-17-13-24(11-12-26(17)34-33-19(3)29)35(31,32)23-9-7-20(8-10-23)14-18(2)28-16-25(30)21-5-4-6-22(27)15-21/h4-13,15,18,25,28,30H,14,16H2,1-3H3/t18-,25+/m1/s1. The lowest BCUT2D eigenvalue weighted by Gasteiger charge is -2.18. The van der Waals surface area contributed by atoms with Crippen LogP contribution in [0.25, 0.3) is 0 Å². The Bertz CT molecular complexity index is 1280. The van der Waals surface area contributed by atoms with Crippen LogP contribution in [-0.2, 0) is 25.9 Å². The van der Waals surface area contributed by atoms with Crippen LogP contribution < -0.4 is 10.2 Å². The van der Waals surface area contributed by atoms with Gasteiger partial charge in [0, 0.05) is 24.5 Å². The first-order valence-electron chi connectivity index (χ1n) is 11.0. The van der Waals surface area contributed by atoms with Crippen LogP contribution >= 0.6 is 11.6 Å². The van der Waals surface area contributed by atoms with Gasteiger partial charge in [-0.1, -0.05) is 35.9 Å². The van der Waals surface area contributed by atoms with Gasteiger partial charge in [0.15, 0.2) is 5.75 Å². The van der Waals surface area contributed by atoms with Crippen LogP contribution in [0.3, 0.4) is 0 Å². The number of benzene rings is 3. The number of carbonyl (C=O) groups excluding carboxylic acids is 1. The molecule has 7 nitrogen and oxygen atoms in total. The summed E-state index contributed by atoms with van der Waals surface area (Å²) >= 11 is 5.98. The van der Waals surface area contributed by atoms with Gasteiger partial charge in [-0.25, -0.2) is 13.2 Å². The highest BCUT2D eigenvalue weighted by Crippen LogP contribution is 2.27. The van der Waals surface area contributed by atoms with Crippen LogP contribution in [-0.4, -0.2) is 32.1 Å². The quantitative estimate of drug-likeness (QED) is 0.299. The van der Waals surface area contributed by atoms with Gasteiger partial charge in [0.1, 0.15) is 0 Å². The molecule has 0 aliphatic heterocycles. The first-order valence-corrected chi connectivity index (χ1v) is 12.9. The van der Waals surface area contributed by atoms with E-state index >= 15 is 0 Å². The summed E-state index contributed by atoms with van der Waals surface area (Å²) in [6, 6.07) is 18.2. The normalized spacial score (nSPS) is 13.2. The third-order valence-electron chi connectivity index (χ3n) is 5.37. The molecule has 35 heavy (non-hydrogen) atoms. The summed E-state index contributed by atoms with van der Waals surface area (Å²) in [5, 5.41) is 14.2.